The van der Waals surface area contributed by atoms with Gasteiger partial charge < -0.3 is 4.57 Å². The van der Waals surface area contributed by atoms with Crippen LogP contribution in [0, 0.1) is 5.82 Å². The van der Waals surface area contributed by atoms with Gasteiger partial charge in [-0.1, -0.05) is 11.6 Å². The number of ketones is 1. The predicted octanol–water partition coefficient (Wildman–Crippen LogP) is 3.95. The van der Waals surface area contributed by atoms with Gasteiger partial charge in [-0.2, -0.15) is 0 Å². The number of Topliss-reactive ketones (excluding diaryl/α,β-unsaturated/α-hetero) is 1. The zero-order valence-electron chi connectivity index (χ0n) is 10.8. The van der Waals surface area contributed by atoms with Crippen molar-refractivity contribution in [3.05, 3.63) is 47.4 Å². The first kappa shape index (κ1) is 12.6. The van der Waals surface area contributed by atoms with Gasteiger partial charge in [0.2, 0.25) is 0 Å². The largest absolute Gasteiger partial charge is 0.343 e. The second-order valence-corrected chi connectivity index (χ2v) is 4.69. The normalized spacial score (nSPS) is 10.7. The van der Waals surface area contributed by atoms with Gasteiger partial charge in [-0.25, -0.2) is 4.39 Å². The maximum Gasteiger partial charge on any atom is 0.161 e. The lowest BCUT2D eigenvalue weighted by Gasteiger charge is -2.01. The maximum atomic E-state index is 13.3. The minimum absolute atomic E-state index is 0.0402. The van der Waals surface area contributed by atoms with Crippen LogP contribution in [0.15, 0.2) is 36.0 Å². The Morgan fingerprint density at radius 3 is 2.67 bits per heavy atom. The molecule has 0 fully saturated rings. The molecule has 1 aromatic carbocycles. The lowest BCUT2D eigenvalue weighted by Crippen LogP contribution is -1.94. The highest BCUT2D eigenvalue weighted by atomic mass is 19.1. The van der Waals surface area contributed by atoms with Crippen molar-refractivity contribution in [2.45, 2.75) is 27.3 Å². The summed E-state index contributed by atoms with van der Waals surface area (Å²) in [5.74, 6) is -0.355. The number of carbonyl (C=O) groups is 1. The van der Waals surface area contributed by atoms with Crippen molar-refractivity contribution >= 4 is 16.7 Å². The summed E-state index contributed by atoms with van der Waals surface area (Å²) in [5, 5.41) is 0.685. The van der Waals surface area contributed by atoms with E-state index in [1.165, 1.54) is 24.6 Å². The molecule has 2 rings (SSSR count). The monoisotopic (exact) mass is 245 g/mol. The summed E-state index contributed by atoms with van der Waals surface area (Å²) >= 11 is 0. The highest BCUT2D eigenvalue weighted by Gasteiger charge is 2.11. The van der Waals surface area contributed by atoms with Gasteiger partial charge in [-0.05, 0) is 39.0 Å². The van der Waals surface area contributed by atoms with Crippen LogP contribution in [0.25, 0.3) is 10.9 Å². The molecule has 0 atom stereocenters. The first-order chi connectivity index (χ1) is 8.49. The molecule has 94 valence electrons. The summed E-state index contributed by atoms with van der Waals surface area (Å²) in [4.78, 5) is 11.6. The van der Waals surface area contributed by atoms with Crippen LogP contribution in [0.4, 0.5) is 4.39 Å². The average Bonchev–Trinajstić information content (AvgIpc) is 2.64. The summed E-state index contributed by atoms with van der Waals surface area (Å²) in [6.07, 6.45) is 3.87. The molecule has 0 aliphatic rings. The van der Waals surface area contributed by atoms with Crippen LogP contribution < -0.4 is 0 Å². The number of halogens is 1. The second-order valence-electron chi connectivity index (χ2n) is 4.69. The van der Waals surface area contributed by atoms with Crippen LogP contribution in [-0.2, 0) is 6.54 Å². The highest BCUT2D eigenvalue weighted by Crippen LogP contribution is 2.23. The van der Waals surface area contributed by atoms with E-state index in [0.29, 0.717) is 17.5 Å². The number of fused-ring (bicyclic) bond motifs is 1. The van der Waals surface area contributed by atoms with Crippen molar-refractivity contribution < 1.29 is 9.18 Å². The molecule has 0 unspecified atom stereocenters. The fourth-order valence-electron chi connectivity index (χ4n) is 1.98. The summed E-state index contributed by atoms with van der Waals surface area (Å²) < 4.78 is 15.2. The van der Waals surface area contributed by atoms with Crippen molar-refractivity contribution in [1.29, 1.82) is 0 Å². The Hall–Kier alpha value is -1.90. The topological polar surface area (TPSA) is 22.0 Å². The van der Waals surface area contributed by atoms with Crippen LogP contribution in [0.1, 0.15) is 31.1 Å². The van der Waals surface area contributed by atoms with Crippen molar-refractivity contribution in [3.63, 3.8) is 0 Å². The zero-order chi connectivity index (χ0) is 13.3. The Balaban J connectivity index is 2.61. The number of benzene rings is 1. The van der Waals surface area contributed by atoms with E-state index < -0.39 is 0 Å². The number of allylic oxidation sites excluding steroid dienone is 2. The number of nitrogens with zero attached hydrogens (tertiary/aromatic N) is 1. The Kier molecular flexibility index (Phi) is 3.32. The number of hydrogen-bond donors (Lipinski definition) is 0. The van der Waals surface area contributed by atoms with E-state index in [2.05, 4.69) is 6.08 Å². The SMILES string of the molecule is CC(=O)c1cn(CC=C(C)C)c2ccc(F)cc12. The Morgan fingerprint density at radius 2 is 2.06 bits per heavy atom. The molecule has 18 heavy (non-hydrogen) atoms. The quantitative estimate of drug-likeness (QED) is 0.593. The third-order valence-electron chi connectivity index (χ3n) is 2.92. The Labute approximate surface area is 106 Å². The minimum Gasteiger partial charge on any atom is -0.343 e. The lowest BCUT2D eigenvalue weighted by molar-refractivity contribution is 0.101. The van der Waals surface area contributed by atoms with E-state index in [9.17, 15) is 9.18 Å². The minimum atomic E-state index is -0.315. The van der Waals surface area contributed by atoms with Crippen molar-refractivity contribution in [1.82, 2.24) is 4.57 Å². The molecule has 3 heteroatoms. The maximum absolute atomic E-state index is 13.3. The molecule has 0 bridgehead atoms. The Bertz CT molecular complexity index is 633. The molecule has 0 amide bonds. The molecule has 0 saturated heterocycles. The number of rotatable bonds is 3. The molecule has 0 aliphatic carbocycles. The van der Waals surface area contributed by atoms with E-state index in [-0.39, 0.29) is 11.6 Å². The molecule has 0 radical (unpaired) electrons. The van der Waals surface area contributed by atoms with Gasteiger partial charge in [-0.15, -0.1) is 0 Å². The van der Waals surface area contributed by atoms with Crippen molar-refractivity contribution in [2.24, 2.45) is 0 Å². The molecular weight excluding hydrogens is 229 g/mol. The Morgan fingerprint density at radius 1 is 1.33 bits per heavy atom. The highest BCUT2D eigenvalue weighted by molar-refractivity contribution is 6.07. The fraction of sp³-hybridized carbons (Fsp3) is 0.267. The van der Waals surface area contributed by atoms with E-state index in [1.807, 2.05) is 18.4 Å². The van der Waals surface area contributed by atoms with Crippen LogP contribution >= 0.6 is 0 Å². The first-order valence-corrected chi connectivity index (χ1v) is 5.91. The first-order valence-electron chi connectivity index (χ1n) is 5.91. The van der Waals surface area contributed by atoms with E-state index in [0.717, 1.165) is 5.52 Å². The van der Waals surface area contributed by atoms with Gasteiger partial charge in [0.15, 0.2) is 5.78 Å². The summed E-state index contributed by atoms with van der Waals surface area (Å²) in [7, 11) is 0. The van der Waals surface area contributed by atoms with Gasteiger partial charge in [-0.3, -0.25) is 4.79 Å². The molecule has 1 aromatic heterocycles. The van der Waals surface area contributed by atoms with Crippen LogP contribution in [0.2, 0.25) is 0 Å². The summed E-state index contributed by atoms with van der Waals surface area (Å²) in [6, 6.07) is 4.56. The van der Waals surface area contributed by atoms with Crippen LogP contribution in [-0.4, -0.2) is 10.4 Å². The summed E-state index contributed by atoms with van der Waals surface area (Å²) in [6.45, 7) is 6.25. The van der Waals surface area contributed by atoms with Crippen LogP contribution in [0.3, 0.4) is 0 Å². The van der Waals surface area contributed by atoms with Gasteiger partial charge in [0, 0.05) is 29.2 Å². The third-order valence-corrected chi connectivity index (χ3v) is 2.92. The molecule has 0 aliphatic heterocycles. The molecule has 2 aromatic rings. The lowest BCUT2D eigenvalue weighted by atomic mass is 10.1. The molecule has 2 nitrogen and oxygen atoms in total. The number of hydrogen-bond acceptors (Lipinski definition) is 1. The van der Waals surface area contributed by atoms with Gasteiger partial charge in [0.1, 0.15) is 5.82 Å². The third kappa shape index (κ3) is 2.35. The molecule has 0 N–H and O–H groups in total. The van der Waals surface area contributed by atoms with Crippen molar-refractivity contribution in [3.8, 4) is 0 Å². The smallest absolute Gasteiger partial charge is 0.161 e. The molecular formula is C15H16FNO. The van der Waals surface area contributed by atoms with Crippen LogP contribution in [0.5, 0.6) is 0 Å². The summed E-state index contributed by atoms with van der Waals surface area (Å²) in [5.41, 5.74) is 2.68. The fourth-order valence-corrected chi connectivity index (χ4v) is 1.98. The van der Waals surface area contributed by atoms with Gasteiger partial charge in [0.25, 0.3) is 0 Å². The number of aromatic nitrogens is 1. The van der Waals surface area contributed by atoms with E-state index in [4.69, 9.17) is 0 Å². The predicted molar refractivity (Wildman–Crippen MR) is 71.3 cm³/mol. The number of carbonyl (C=O) groups excluding carboxylic acids is 1. The average molecular weight is 245 g/mol. The zero-order valence-corrected chi connectivity index (χ0v) is 10.8. The molecule has 0 saturated carbocycles. The van der Waals surface area contributed by atoms with Gasteiger partial charge in [0.05, 0.1) is 0 Å². The standard InChI is InChI=1S/C15H16FNO/c1-10(2)6-7-17-9-14(11(3)18)13-8-12(16)4-5-15(13)17/h4-6,8-9H,7H2,1-3H3. The van der Waals surface area contributed by atoms with E-state index >= 15 is 0 Å². The molecule has 1 heterocycles. The molecule has 0 spiro atoms. The van der Waals surface area contributed by atoms with Gasteiger partial charge >= 0.3 is 0 Å². The van der Waals surface area contributed by atoms with Crippen molar-refractivity contribution in [2.75, 3.05) is 0 Å². The van der Waals surface area contributed by atoms with E-state index in [1.54, 1.807) is 12.3 Å². The second kappa shape index (κ2) is 4.77.